The molecule has 2 N–H and O–H groups in total. The molecule has 0 aliphatic rings. The summed E-state index contributed by atoms with van der Waals surface area (Å²) in [5.41, 5.74) is 0.154. The van der Waals surface area contributed by atoms with Gasteiger partial charge in [0.2, 0.25) is 0 Å². The van der Waals surface area contributed by atoms with Gasteiger partial charge in [0.1, 0.15) is 6.54 Å². The molecule has 0 bridgehead atoms. The number of aryl methyl sites for hydroxylation is 1. The number of carboxylic acids is 1. The summed E-state index contributed by atoms with van der Waals surface area (Å²) in [5, 5.41) is 8.49. The Bertz CT molecular complexity index is 446. The van der Waals surface area contributed by atoms with E-state index < -0.39 is 5.97 Å². The first-order valence-corrected chi connectivity index (χ1v) is 3.93. The average molecular weight is 200 g/mol. The van der Waals surface area contributed by atoms with E-state index in [9.17, 15) is 9.59 Å². The van der Waals surface area contributed by atoms with E-state index in [-0.39, 0.29) is 16.9 Å². The number of rotatable bonds is 2. The third-order valence-corrected chi connectivity index (χ3v) is 1.83. The van der Waals surface area contributed by atoms with Crippen LogP contribution in [0.25, 0.3) is 0 Å². The lowest BCUT2D eigenvalue weighted by Crippen LogP contribution is -2.18. The van der Waals surface area contributed by atoms with Crippen molar-refractivity contribution in [2.24, 2.45) is 0 Å². The number of carboxylic acid groups (broad SMARTS) is 1. The van der Waals surface area contributed by atoms with Crippen LogP contribution < -0.4 is 5.56 Å². The van der Waals surface area contributed by atoms with Crippen LogP contribution in [0.1, 0.15) is 5.56 Å². The fourth-order valence-corrected chi connectivity index (χ4v) is 1.09. The van der Waals surface area contributed by atoms with E-state index >= 15 is 0 Å². The molecule has 1 aromatic rings. The van der Waals surface area contributed by atoms with Crippen molar-refractivity contribution < 1.29 is 9.90 Å². The second kappa shape index (κ2) is 3.53. The van der Waals surface area contributed by atoms with Crippen molar-refractivity contribution in [3.05, 3.63) is 26.9 Å². The lowest BCUT2D eigenvalue weighted by Gasteiger charge is -2.02. The van der Waals surface area contributed by atoms with Crippen molar-refractivity contribution in [1.82, 2.24) is 9.55 Å². The molecule has 5 nitrogen and oxygen atoms in total. The zero-order valence-electron chi connectivity index (χ0n) is 6.90. The highest BCUT2D eigenvalue weighted by Gasteiger charge is 2.01. The Morgan fingerprint density at radius 2 is 2.38 bits per heavy atom. The molecular weight excluding hydrogens is 192 g/mol. The first-order chi connectivity index (χ1) is 6.00. The summed E-state index contributed by atoms with van der Waals surface area (Å²) in [6.07, 6.45) is 1.43. The van der Waals surface area contributed by atoms with Gasteiger partial charge in [-0.05, 0) is 19.1 Å². The molecule has 0 aliphatic carbocycles. The summed E-state index contributed by atoms with van der Waals surface area (Å²) in [6.45, 7) is 1.35. The van der Waals surface area contributed by atoms with Crippen LogP contribution in [0.5, 0.6) is 0 Å². The van der Waals surface area contributed by atoms with E-state index in [4.69, 9.17) is 17.3 Å². The van der Waals surface area contributed by atoms with E-state index in [0.717, 1.165) is 0 Å². The summed E-state index contributed by atoms with van der Waals surface area (Å²) in [5.74, 6) is -0.998. The lowest BCUT2D eigenvalue weighted by atomic mass is 10.4. The van der Waals surface area contributed by atoms with Gasteiger partial charge in [-0.3, -0.25) is 14.6 Å². The minimum absolute atomic E-state index is 0.123. The van der Waals surface area contributed by atoms with Crippen LogP contribution in [0.2, 0.25) is 0 Å². The summed E-state index contributed by atoms with van der Waals surface area (Å²) in [4.78, 5) is 23.7. The molecule has 1 rings (SSSR count). The highest BCUT2D eigenvalue weighted by Crippen LogP contribution is 1.91. The molecule has 0 saturated heterocycles. The first kappa shape index (κ1) is 9.66. The molecule has 0 aliphatic heterocycles. The van der Waals surface area contributed by atoms with Crippen LogP contribution in [-0.4, -0.2) is 20.6 Å². The average Bonchev–Trinajstić information content (AvgIpc) is 1.99. The molecule has 0 saturated carbocycles. The Morgan fingerprint density at radius 3 is 2.92 bits per heavy atom. The molecule has 0 amide bonds. The number of carbonyl (C=O) groups is 1. The number of aliphatic carboxylic acids is 1. The molecule has 6 heteroatoms. The third kappa shape index (κ3) is 2.25. The minimum Gasteiger partial charge on any atom is -0.480 e. The summed E-state index contributed by atoms with van der Waals surface area (Å²) in [6, 6.07) is 0. The maximum absolute atomic E-state index is 11.0. The number of hydrogen-bond donors (Lipinski definition) is 2. The monoisotopic (exact) mass is 200 g/mol. The van der Waals surface area contributed by atoms with Crippen LogP contribution in [0.15, 0.2) is 11.0 Å². The van der Waals surface area contributed by atoms with Crippen molar-refractivity contribution >= 4 is 18.2 Å². The van der Waals surface area contributed by atoms with E-state index in [1.807, 2.05) is 0 Å². The van der Waals surface area contributed by atoms with Crippen LogP contribution in [0.4, 0.5) is 0 Å². The number of aromatic amines is 1. The molecule has 0 atom stereocenters. The minimum atomic E-state index is -0.998. The van der Waals surface area contributed by atoms with Crippen molar-refractivity contribution in [3.8, 4) is 0 Å². The smallest absolute Gasteiger partial charge is 0.323 e. The Kier molecular flexibility index (Phi) is 2.62. The quantitative estimate of drug-likeness (QED) is 0.673. The third-order valence-electron chi connectivity index (χ3n) is 1.49. The number of aromatic nitrogens is 2. The largest absolute Gasteiger partial charge is 0.480 e. The van der Waals surface area contributed by atoms with Gasteiger partial charge in [0.05, 0.1) is 0 Å². The number of nitrogens with zero attached hydrogens (tertiary/aromatic N) is 1. The van der Waals surface area contributed by atoms with E-state index in [0.29, 0.717) is 5.56 Å². The van der Waals surface area contributed by atoms with Gasteiger partial charge in [-0.15, -0.1) is 0 Å². The van der Waals surface area contributed by atoms with Gasteiger partial charge < -0.3 is 9.67 Å². The maximum Gasteiger partial charge on any atom is 0.323 e. The number of nitrogens with one attached hydrogen (secondary N) is 1. The van der Waals surface area contributed by atoms with Crippen molar-refractivity contribution in [3.63, 3.8) is 0 Å². The fraction of sp³-hybridized carbons (Fsp3) is 0.286. The summed E-state index contributed by atoms with van der Waals surface area (Å²) >= 11 is 4.76. The van der Waals surface area contributed by atoms with Gasteiger partial charge in [0.15, 0.2) is 4.77 Å². The Labute approximate surface area is 78.7 Å². The summed E-state index contributed by atoms with van der Waals surface area (Å²) < 4.78 is 1.42. The van der Waals surface area contributed by atoms with Gasteiger partial charge in [0.25, 0.3) is 5.56 Å². The molecular formula is C7H8N2O3S. The van der Waals surface area contributed by atoms with Crippen LogP contribution in [-0.2, 0) is 11.3 Å². The molecule has 0 aromatic carbocycles. The van der Waals surface area contributed by atoms with Gasteiger partial charge in [0, 0.05) is 11.8 Å². The molecule has 1 aromatic heterocycles. The lowest BCUT2D eigenvalue weighted by molar-refractivity contribution is -0.137. The van der Waals surface area contributed by atoms with Crippen molar-refractivity contribution in [1.29, 1.82) is 0 Å². The van der Waals surface area contributed by atoms with Crippen LogP contribution >= 0.6 is 12.2 Å². The van der Waals surface area contributed by atoms with Crippen LogP contribution in [0, 0.1) is 11.7 Å². The van der Waals surface area contributed by atoms with E-state index in [1.54, 1.807) is 6.92 Å². The molecule has 0 unspecified atom stereocenters. The van der Waals surface area contributed by atoms with Gasteiger partial charge in [-0.25, -0.2) is 0 Å². The predicted octanol–water partition coefficient (Wildman–Crippen LogP) is 0.299. The molecule has 13 heavy (non-hydrogen) atoms. The number of H-pyrrole nitrogens is 1. The predicted molar refractivity (Wildman–Crippen MR) is 48.3 cm³/mol. The molecule has 0 radical (unpaired) electrons. The van der Waals surface area contributed by atoms with E-state index in [2.05, 4.69) is 4.98 Å². The first-order valence-electron chi connectivity index (χ1n) is 3.53. The van der Waals surface area contributed by atoms with Crippen LogP contribution in [0.3, 0.4) is 0 Å². The van der Waals surface area contributed by atoms with Gasteiger partial charge in [-0.2, -0.15) is 0 Å². The highest BCUT2D eigenvalue weighted by atomic mass is 32.1. The number of hydrogen-bond acceptors (Lipinski definition) is 3. The molecule has 1 heterocycles. The maximum atomic E-state index is 11.0. The van der Waals surface area contributed by atoms with Gasteiger partial charge in [-0.1, -0.05) is 0 Å². The normalized spacial score (nSPS) is 9.92. The highest BCUT2D eigenvalue weighted by molar-refractivity contribution is 7.71. The zero-order chi connectivity index (χ0) is 10.0. The molecule has 0 fully saturated rings. The topological polar surface area (TPSA) is 75.1 Å². The Morgan fingerprint density at radius 1 is 1.77 bits per heavy atom. The molecule has 0 spiro atoms. The summed E-state index contributed by atoms with van der Waals surface area (Å²) in [7, 11) is 0. The molecule has 70 valence electrons. The zero-order valence-corrected chi connectivity index (χ0v) is 7.72. The Balaban J connectivity index is 3.24. The fourth-order valence-electron chi connectivity index (χ4n) is 0.882. The second-order valence-corrected chi connectivity index (χ2v) is 2.98. The van der Waals surface area contributed by atoms with Crippen molar-refractivity contribution in [2.75, 3.05) is 0 Å². The Hall–Kier alpha value is -1.43. The van der Waals surface area contributed by atoms with Gasteiger partial charge >= 0.3 is 5.97 Å². The SMILES string of the molecule is Cc1cn(CC(=O)O)c(=S)[nH]c1=O. The van der Waals surface area contributed by atoms with Crippen molar-refractivity contribution in [2.45, 2.75) is 13.5 Å². The van der Waals surface area contributed by atoms with E-state index in [1.165, 1.54) is 10.8 Å². The standard InChI is InChI=1S/C7H8N2O3S/c1-4-2-9(3-5(10)11)7(13)8-6(4)12/h2H,3H2,1H3,(H,10,11)(H,8,12,13). The second-order valence-electron chi connectivity index (χ2n) is 2.59.